The Morgan fingerprint density at radius 3 is 2.59 bits per heavy atom. The van der Waals surface area contributed by atoms with Gasteiger partial charge in [-0.15, -0.1) is 0 Å². The largest absolute Gasteiger partial charge is 0.373 e. The van der Waals surface area contributed by atoms with Crippen LogP contribution in [0.2, 0.25) is 0 Å². The Labute approximate surface area is 101 Å². The van der Waals surface area contributed by atoms with Crippen molar-refractivity contribution in [2.75, 3.05) is 18.6 Å². The second-order valence-corrected chi connectivity index (χ2v) is 6.00. The highest BCUT2D eigenvalue weighted by molar-refractivity contribution is 7.90. The van der Waals surface area contributed by atoms with Gasteiger partial charge in [0.1, 0.15) is 5.82 Å². The summed E-state index contributed by atoms with van der Waals surface area (Å²) in [4.78, 5) is 4.57. The SMILES string of the molecule is CNc1nccc2cc(S(C)(=O)=O)c(C)cc12. The van der Waals surface area contributed by atoms with Crippen molar-refractivity contribution in [3.63, 3.8) is 0 Å². The highest BCUT2D eigenvalue weighted by atomic mass is 32.2. The molecule has 0 aliphatic carbocycles. The first-order chi connectivity index (χ1) is 7.93. The molecule has 0 atom stereocenters. The molecule has 2 aromatic rings. The van der Waals surface area contributed by atoms with Crippen LogP contribution in [0.1, 0.15) is 5.56 Å². The molecule has 0 amide bonds. The molecule has 0 spiro atoms. The van der Waals surface area contributed by atoms with Crippen molar-refractivity contribution >= 4 is 26.4 Å². The van der Waals surface area contributed by atoms with Gasteiger partial charge < -0.3 is 5.32 Å². The van der Waals surface area contributed by atoms with Crippen LogP contribution in [-0.2, 0) is 9.84 Å². The fourth-order valence-corrected chi connectivity index (χ4v) is 2.89. The van der Waals surface area contributed by atoms with E-state index in [0.29, 0.717) is 4.90 Å². The summed E-state index contributed by atoms with van der Waals surface area (Å²) in [6.07, 6.45) is 2.89. The lowest BCUT2D eigenvalue weighted by molar-refractivity contribution is 0.601. The van der Waals surface area contributed by atoms with Gasteiger partial charge in [-0.05, 0) is 36.1 Å². The maximum Gasteiger partial charge on any atom is 0.175 e. The second-order valence-electron chi connectivity index (χ2n) is 4.02. The summed E-state index contributed by atoms with van der Waals surface area (Å²) >= 11 is 0. The van der Waals surface area contributed by atoms with Gasteiger partial charge in [-0.2, -0.15) is 0 Å². The summed E-state index contributed by atoms with van der Waals surface area (Å²) < 4.78 is 23.2. The fourth-order valence-electron chi connectivity index (χ4n) is 1.91. The van der Waals surface area contributed by atoms with Crippen molar-refractivity contribution in [2.45, 2.75) is 11.8 Å². The number of hydrogen-bond acceptors (Lipinski definition) is 4. The molecule has 90 valence electrons. The molecule has 5 heteroatoms. The predicted octanol–water partition coefficient (Wildman–Crippen LogP) is 1.99. The number of nitrogens with one attached hydrogen (secondary N) is 1. The van der Waals surface area contributed by atoms with Crippen LogP contribution in [0, 0.1) is 6.92 Å². The highest BCUT2D eigenvalue weighted by Crippen LogP contribution is 2.26. The van der Waals surface area contributed by atoms with Crippen molar-refractivity contribution < 1.29 is 8.42 Å². The smallest absolute Gasteiger partial charge is 0.175 e. The highest BCUT2D eigenvalue weighted by Gasteiger charge is 2.13. The molecule has 0 aliphatic rings. The van der Waals surface area contributed by atoms with Crippen LogP contribution in [0.15, 0.2) is 29.3 Å². The normalized spacial score (nSPS) is 11.7. The third-order valence-corrected chi connectivity index (χ3v) is 3.93. The minimum atomic E-state index is -3.19. The van der Waals surface area contributed by atoms with Crippen LogP contribution in [0.4, 0.5) is 5.82 Å². The molecule has 4 nitrogen and oxygen atoms in total. The molecule has 2 rings (SSSR count). The summed E-state index contributed by atoms with van der Waals surface area (Å²) in [7, 11) is -1.39. The van der Waals surface area contributed by atoms with E-state index in [-0.39, 0.29) is 0 Å². The monoisotopic (exact) mass is 250 g/mol. The molecule has 0 saturated carbocycles. The number of pyridine rings is 1. The number of anilines is 1. The molecule has 0 aliphatic heterocycles. The summed E-state index contributed by atoms with van der Waals surface area (Å²) in [5, 5.41) is 4.80. The zero-order valence-electron chi connectivity index (χ0n) is 9.98. The lowest BCUT2D eigenvalue weighted by atomic mass is 10.1. The van der Waals surface area contributed by atoms with Gasteiger partial charge in [0.15, 0.2) is 9.84 Å². The zero-order valence-corrected chi connectivity index (χ0v) is 10.8. The maximum absolute atomic E-state index is 11.6. The standard InChI is InChI=1S/C12H14N2O2S/c1-8-6-10-9(4-5-14-12(10)13-2)7-11(8)17(3,15)16/h4-7H,1-3H3,(H,13,14). The number of aromatic nitrogens is 1. The van der Waals surface area contributed by atoms with Crippen molar-refractivity contribution in [2.24, 2.45) is 0 Å². The first-order valence-electron chi connectivity index (χ1n) is 5.20. The minimum Gasteiger partial charge on any atom is -0.373 e. The Bertz CT molecular complexity index is 678. The van der Waals surface area contributed by atoms with Gasteiger partial charge in [0.2, 0.25) is 0 Å². The van der Waals surface area contributed by atoms with Crippen LogP contribution in [-0.4, -0.2) is 26.7 Å². The predicted molar refractivity (Wildman–Crippen MR) is 69.1 cm³/mol. The Morgan fingerprint density at radius 2 is 2.00 bits per heavy atom. The zero-order chi connectivity index (χ0) is 12.6. The van der Waals surface area contributed by atoms with Crippen molar-refractivity contribution in [1.29, 1.82) is 0 Å². The van der Waals surface area contributed by atoms with E-state index in [1.165, 1.54) is 6.26 Å². The van der Waals surface area contributed by atoms with Crippen LogP contribution in [0.25, 0.3) is 10.8 Å². The first-order valence-corrected chi connectivity index (χ1v) is 7.10. The molecule has 1 N–H and O–H groups in total. The van der Waals surface area contributed by atoms with Gasteiger partial charge in [-0.1, -0.05) is 0 Å². The van der Waals surface area contributed by atoms with Crippen LogP contribution in [0.3, 0.4) is 0 Å². The number of rotatable bonds is 2. The molecule has 0 radical (unpaired) electrons. The molecule has 1 heterocycles. The number of hydrogen-bond donors (Lipinski definition) is 1. The molecule has 0 saturated heterocycles. The Kier molecular flexibility index (Phi) is 2.79. The van der Waals surface area contributed by atoms with E-state index in [1.807, 2.05) is 12.1 Å². The number of aryl methyl sites for hydroxylation is 1. The Balaban J connectivity index is 2.84. The fraction of sp³-hybridized carbons (Fsp3) is 0.250. The third kappa shape index (κ3) is 2.10. The van der Waals surface area contributed by atoms with E-state index in [0.717, 1.165) is 22.2 Å². The average Bonchev–Trinajstić information content (AvgIpc) is 2.26. The second kappa shape index (κ2) is 4.00. The van der Waals surface area contributed by atoms with Gasteiger partial charge in [0.25, 0.3) is 0 Å². The lowest BCUT2D eigenvalue weighted by Gasteiger charge is -2.09. The molecule has 0 bridgehead atoms. The number of benzene rings is 1. The molecule has 1 aromatic carbocycles. The number of fused-ring (bicyclic) bond motifs is 1. The maximum atomic E-state index is 11.6. The van der Waals surface area contributed by atoms with E-state index in [4.69, 9.17) is 0 Å². The van der Waals surface area contributed by atoms with E-state index in [1.54, 1.807) is 26.2 Å². The summed E-state index contributed by atoms with van der Waals surface area (Å²) in [5.41, 5.74) is 0.740. The van der Waals surface area contributed by atoms with Crippen LogP contribution < -0.4 is 5.32 Å². The Hall–Kier alpha value is -1.62. The van der Waals surface area contributed by atoms with Gasteiger partial charge >= 0.3 is 0 Å². The lowest BCUT2D eigenvalue weighted by Crippen LogP contribution is -2.01. The summed E-state index contributed by atoms with van der Waals surface area (Å²) in [5.74, 6) is 0.755. The number of sulfone groups is 1. The summed E-state index contributed by atoms with van der Waals surface area (Å²) in [6.45, 7) is 1.79. The van der Waals surface area contributed by atoms with Gasteiger partial charge in [-0.3, -0.25) is 0 Å². The third-order valence-electron chi connectivity index (χ3n) is 2.70. The molecule has 0 fully saturated rings. The molecular formula is C12H14N2O2S. The molecule has 17 heavy (non-hydrogen) atoms. The van der Waals surface area contributed by atoms with E-state index in [2.05, 4.69) is 10.3 Å². The molecule has 0 unspecified atom stereocenters. The first kappa shape index (κ1) is 11.9. The van der Waals surface area contributed by atoms with Gasteiger partial charge in [0.05, 0.1) is 4.90 Å². The van der Waals surface area contributed by atoms with E-state index >= 15 is 0 Å². The Morgan fingerprint density at radius 1 is 1.29 bits per heavy atom. The van der Waals surface area contributed by atoms with Gasteiger partial charge in [-0.25, -0.2) is 13.4 Å². The topological polar surface area (TPSA) is 59.1 Å². The quantitative estimate of drug-likeness (QED) is 0.885. The van der Waals surface area contributed by atoms with Gasteiger partial charge in [0, 0.05) is 24.9 Å². The molecular weight excluding hydrogens is 236 g/mol. The van der Waals surface area contributed by atoms with Crippen LogP contribution >= 0.6 is 0 Å². The number of nitrogens with zero attached hydrogens (tertiary/aromatic N) is 1. The van der Waals surface area contributed by atoms with E-state index in [9.17, 15) is 8.42 Å². The van der Waals surface area contributed by atoms with Crippen molar-refractivity contribution in [3.05, 3.63) is 30.0 Å². The van der Waals surface area contributed by atoms with E-state index < -0.39 is 9.84 Å². The summed E-state index contributed by atoms with van der Waals surface area (Å²) in [6, 6.07) is 5.36. The van der Waals surface area contributed by atoms with Crippen molar-refractivity contribution in [1.82, 2.24) is 4.98 Å². The minimum absolute atomic E-state index is 0.373. The van der Waals surface area contributed by atoms with Crippen molar-refractivity contribution in [3.8, 4) is 0 Å². The average molecular weight is 250 g/mol. The van der Waals surface area contributed by atoms with Crippen LogP contribution in [0.5, 0.6) is 0 Å². The molecule has 1 aromatic heterocycles.